The Hall–Kier alpha value is -3.17. The van der Waals surface area contributed by atoms with Crippen molar-refractivity contribution in [1.29, 1.82) is 5.26 Å². The second-order valence-electron chi connectivity index (χ2n) is 5.86. The third-order valence-electron chi connectivity index (χ3n) is 3.93. The third-order valence-corrected chi connectivity index (χ3v) is 4.25. The van der Waals surface area contributed by atoms with Crippen LogP contribution in [0.25, 0.3) is 6.08 Å². The maximum Gasteiger partial charge on any atom is 0.288 e. The molecule has 6 nitrogen and oxygen atoms in total. The zero-order valence-electron chi connectivity index (χ0n) is 14.7. The van der Waals surface area contributed by atoms with Gasteiger partial charge in [-0.05, 0) is 29.7 Å². The summed E-state index contributed by atoms with van der Waals surface area (Å²) in [5, 5.41) is 23.2. The fourth-order valence-electron chi connectivity index (χ4n) is 2.61. The van der Waals surface area contributed by atoms with Gasteiger partial charge < -0.3 is 5.32 Å². The van der Waals surface area contributed by atoms with Crippen molar-refractivity contribution in [3.05, 3.63) is 80.4 Å². The van der Waals surface area contributed by atoms with Gasteiger partial charge in [-0.15, -0.1) is 0 Å². The Morgan fingerprint density at radius 1 is 1.33 bits per heavy atom. The van der Waals surface area contributed by atoms with Gasteiger partial charge in [-0.25, -0.2) is 0 Å². The first-order valence-corrected chi connectivity index (χ1v) is 8.75. The molecule has 2 aromatic rings. The lowest BCUT2D eigenvalue weighted by molar-refractivity contribution is -0.384. The van der Waals surface area contributed by atoms with E-state index in [1.54, 1.807) is 0 Å². The summed E-state index contributed by atoms with van der Waals surface area (Å²) in [5.41, 5.74) is 0.886. The lowest BCUT2D eigenvalue weighted by Gasteiger charge is -2.18. The smallest absolute Gasteiger partial charge is 0.288 e. The summed E-state index contributed by atoms with van der Waals surface area (Å²) < 4.78 is 0. The molecule has 2 rings (SSSR count). The van der Waals surface area contributed by atoms with Crippen LogP contribution in [0.4, 0.5) is 5.69 Å². The molecule has 1 unspecified atom stereocenters. The van der Waals surface area contributed by atoms with Gasteiger partial charge >= 0.3 is 0 Å². The summed E-state index contributed by atoms with van der Waals surface area (Å²) in [6, 6.07) is 15.2. The van der Waals surface area contributed by atoms with Crippen LogP contribution in [0.5, 0.6) is 0 Å². The SMILES string of the molecule is CCCC(NC(=O)/C(C#N)=C/c1ccc(Cl)c([N+](=O)[O-])c1)c1ccccc1. The highest BCUT2D eigenvalue weighted by Gasteiger charge is 2.18. The van der Waals surface area contributed by atoms with Gasteiger partial charge in [0, 0.05) is 6.07 Å². The summed E-state index contributed by atoms with van der Waals surface area (Å²) in [7, 11) is 0. The molecule has 2 aromatic carbocycles. The molecular weight excluding hydrogens is 366 g/mol. The fraction of sp³-hybridized carbons (Fsp3) is 0.200. The number of nitro groups is 1. The summed E-state index contributed by atoms with van der Waals surface area (Å²) >= 11 is 5.79. The molecule has 0 bridgehead atoms. The van der Waals surface area contributed by atoms with Crippen LogP contribution in [0.3, 0.4) is 0 Å². The van der Waals surface area contributed by atoms with Gasteiger partial charge in [0.2, 0.25) is 0 Å². The van der Waals surface area contributed by atoms with Gasteiger partial charge in [-0.3, -0.25) is 14.9 Å². The summed E-state index contributed by atoms with van der Waals surface area (Å²) in [4.78, 5) is 22.9. The first-order chi connectivity index (χ1) is 13.0. The zero-order chi connectivity index (χ0) is 19.8. The molecule has 0 aromatic heterocycles. The summed E-state index contributed by atoms with van der Waals surface area (Å²) in [6.45, 7) is 2.01. The maximum atomic E-state index is 12.6. The molecule has 0 aliphatic heterocycles. The van der Waals surface area contributed by atoms with Crippen molar-refractivity contribution in [3.8, 4) is 6.07 Å². The number of nitrogens with zero attached hydrogens (tertiary/aromatic N) is 2. The highest BCUT2D eigenvalue weighted by molar-refractivity contribution is 6.32. The minimum Gasteiger partial charge on any atom is -0.345 e. The molecule has 0 saturated carbocycles. The van der Waals surface area contributed by atoms with Crippen LogP contribution in [0.1, 0.15) is 36.9 Å². The first kappa shape index (κ1) is 20.1. The molecule has 1 atom stereocenters. The van der Waals surface area contributed by atoms with Crippen molar-refractivity contribution >= 4 is 29.3 Å². The number of benzene rings is 2. The average molecular weight is 384 g/mol. The molecular formula is C20H18ClN3O3. The number of hydrogen-bond donors (Lipinski definition) is 1. The quantitative estimate of drug-likeness (QED) is 0.321. The van der Waals surface area contributed by atoms with Crippen molar-refractivity contribution in [2.24, 2.45) is 0 Å². The molecule has 0 radical (unpaired) electrons. The van der Waals surface area contributed by atoms with E-state index in [0.717, 1.165) is 18.4 Å². The number of nitro benzene ring substituents is 1. The topological polar surface area (TPSA) is 96.0 Å². The normalized spacial score (nSPS) is 12.1. The summed E-state index contributed by atoms with van der Waals surface area (Å²) in [5.74, 6) is -0.530. The van der Waals surface area contributed by atoms with Crippen LogP contribution in [0.2, 0.25) is 5.02 Å². The van der Waals surface area contributed by atoms with E-state index in [2.05, 4.69) is 5.32 Å². The Kier molecular flexibility index (Phi) is 7.09. The van der Waals surface area contributed by atoms with E-state index in [4.69, 9.17) is 11.6 Å². The fourth-order valence-corrected chi connectivity index (χ4v) is 2.79. The minimum atomic E-state index is -0.613. The van der Waals surface area contributed by atoms with Crippen LogP contribution in [-0.4, -0.2) is 10.8 Å². The standard InChI is InChI=1S/C20H18ClN3O3/c1-2-6-18(15-7-4-3-5-8-15)23-20(25)16(13-22)11-14-9-10-17(21)19(12-14)24(26)27/h3-5,7-12,18H,2,6H2,1H3,(H,23,25)/b16-11+. The van der Waals surface area contributed by atoms with E-state index in [0.29, 0.717) is 5.56 Å². The molecule has 0 aliphatic rings. The van der Waals surface area contributed by atoms with E-state index in [1.807, 2.05) is 43.3 Å². The number of hydrogen-bond acceptors (Lipinski definition) is 4. The Bertz CT molecular complexity index is 904. The molecule has 0 fully saturated rings. The van der Waals surface area contributed by atoms with Gasteiger partial charge in [0.1, 0.15) is 16.7 Å². The number of amides is 1. The Morgan fingerprint density at radius 3 is 2.63 bits per heavy atom. The first-order valence-electron chi connectivity index (χ1n) is 8.37. The lowest BCUT2D eigenvalue weighted by Crippen LogP contribution is -2.29. The number of carbonyl (C=O) groups is 1. The molecule has 1 amide bonds. The van der Waals surface area contributed by atoms with Crippen LogP contribution in [0, 0.1) is 21.4 Å². The van der Waals surface area contributed by atoms with Gasteiger partial charge in [0.05, 0.1) is 11.0 Å². The third kappa shape index (κ3) is 5.40. The van der Waals surface area contributed by atoms with Crippen molar-refractivity contribution in [1.82, 2.24) is 5.32 Å². The predicted molar refractivity (Wildman–Crippen MR) is 104 cm³/mol. The second-order valence-corrected chi connectivity index (χ2v) is 6.27. The highest BCUT2D eigenvalue weighted by Crippen LogP contribution is 2.26. The van der Waals surface area contributed by atoms with Crippen LogP contribution >= 0.6 is 11.6 Å². The molecule has 0 heterocycles. The highest BCUT2D eigenvalue weighted by atomic mass is 35.5. The van der Waals surface area contributed by atoms with Gasteiger partial charge in [-0.2, -0.15) is 5.26 Å². The Labute approximate surface area is 162 Å². The van der Waals surface area contributed by atoms with Crippen molar-refractivity contribution < 1.29 is 9.72 Å². The van der Waals surface area contributed by atoms with E-state index < -0.39 is 10.8 Å². The van der Waals surface area contributed by atoms with Gasteiger partial charge in [-0.1, -0.05) is 61.3 Å². The molecule has 27 heavy (non-hydrogen) atoms. The lowest BCUT2D eigenvalue weighted by atomic mass is 10.0. The van der Waals surface area contributed by atoms with Gasteiger partial charge in [0.15, 0.2) is 0 Å². The number of halogens is 1. The molecule has 7 heteroatoms. The van der Waals surface area contributed by atoms with Crippen LogP contribution in [-0.2, 0) is 4.79 Å². The van der Waals surface area contributed by atoms with Crippen molar-refractivity contribution in [3.63, 3.8) is 0 Å². The Morgan fingerprint density at radius 2 is 2.04 bits per heavy atom. The number of carbonyl (C=O) groups excluding carboxylic acids is 1. The molecule has 0 saturated heterocycles. The van der Waals surface area contributed by atoms with E-state index in [1.165, 1.54) is 24.3 Å². The van der Waals surface area contributed by atoms with E-state index >= 15 is 0 Å². The van der Waals surface area contributed by atoms with Crippen molar-refractivity contribution in [2.45, 2.75) is 25.8 Å². The van der Waals surface area contributed by atoms with Crippen LogP contribution in [0.15, 0.2) is 54.1 Å². The largest absolute Gasteiger partial charge is 0.345 e. The zero-order valence-corrected chi connectivity index (χ0v) is 15.4. The number of nitrogens with one attached hydrogen (secondary N) is 1. The van der Waals surface area contributed by atoms with Gasteiger partial charge in [0.25, 0.3) is 11.6 Å². The van der Waals surface area contributed by atoms with Crippen molar-refractivity contribution in [2.75, 3.05) is 0 Å². The molecule has 0 spiro atoms. The minimum absolute atomic E-state index is 0.00723. The van der Waals surface area contributed by atoms with E-state index in [9.17, 15) is 20.2 Å². The molecule has 1 N–H and O–H groups in total. The number of nitriles is 1. The summed E-state index contributed by atoms with van der Waals surface area (Å²) in [6.07, 6.45) is 2.89. The monoisotopic (exact) mass is 383 g/mol. The number of rotatable bonds is 7. The second kappa shape index (κ2) is 9.51. The molecule has 138 valence electrons. The Balaban J connectivity index is 2.27. The van der Waals surface area contributed by atoms with Crippen LogP contribution < -0.4 is 5.32 Å². The maximum absolute atomic E-state index is 12.6. The average Bonchev–Trinajstić information content (AvgIpc) is 2.67. The van der Waals surface area contributed by atoms with E-state index in [-0.39, 0.29) is 22.3 Å². The molecule has 0 aliphatic carbocycles. The predicted octanol–water partition coefficient (Wildman–Crippen LogP) is 4.81.